The lowest BCUT2D eigenvalue weighted by molar-refractivity contribution is -0.129. The number of ether oxygens (including phenoxy) is 2. The number of aromatic nitrogens is 3. The number of anilines is 1. The molecule has 4 rings (SSSR count). The lowest BCUT2D eigenvalue weighted by Gasteiger charge is -2.25. The number of morpholine rings is 1. The van der Waals surface area contributed by atoms with Gasteiger partial charge >= 0.3 is 6.09 Å². The highest BCUT2D eigenvalue weighted by Crippen LogP contribution is 2.28. The van der Waals surface area contributed by atoms with Gasteiger partial charge in [-0.25, -0.2) is 4.79 Å². The molecular formula is C26H36N6O7. The number of nitrogens with one attached hydrogen (secondary N) is 2. The van der Waals surface area contributed by atoms with Crippen molar-refractivity contribution in [3.05, 3.63) is 27.6 Å². The Bertz CT molecular complexity index is 1360. The number of rotatable bonds is 7. The molecule has 0 bridgehead atoms. The molecule has 0 atom stereocenters. The largest absolute Gasteiger partial charge is 0.494 e. The van der Waals surface area contributed by atoms with Crippen molar-refractivity contribution in [3.63, 3.8) is 0 Å². The van der Waals surface area contributed by atoms with Gasteiger partial charge in [-0.15, -0.1) is 5.10 Å². The minimum Gasteiger partial charge on any atom is -0.494 e. The van der Waals surface area contributed by atoms with Crippen molar-refractivity contribution in [2.75, 3.05) is 31.6 Å². The standard InChI is InChI=1S/C26H36N6O7/c1-15(2)14-31-22-17(8-9-18(33)30-10-12-38-13-11-30)20(28-25(37)39-26(3,4)5)29-32(22)24(36)19(23(31)35)21(34)27-16-6-7-16/h8-9,15-16,35H,6-7,10-14H2,1-5H3,(H,27,34)(H,28,29,37)/b9-8+. The van der Waals surface area contributed by atoms with Crippen molar-refractivity contribution in [2.24, 2.45) is 5.92 Å². The maximum absolute atomic E-state index is 13.5. The summed E-state index contributed by atoms with van der Waals surface area (Å²) in [6.45, 7) is 10.9. The minimum absolute atomic E-state index is 0.00878. The molecule has 0 spiro atoms. The summed E-state index contributed by atoms with van der Waals surface area (Å²) in [4.78, 5) is 53.6. The van der Waals surface area contributed by atoms with Crippen LogP contribution in [0.4, 0.5) is 10.6 Å². The van der Waals surface area contributed by atoms with Gasteiger partial charge < -0.3 is 24.8 Å². The van der Waals surface area contributed by atoms with E-state index in [1.54, 1.807) is 25.7 Å². The summed E-state index contributed by atoms with van der Waals surface area (Å²) in [5.41, 5.74) is -1.79. The Labute approximate surface area is 225 Å². The number of hydrogen-bond donors (Lipinski definition) is 3. The van der Waals surface area contributed by atoms with Crippen LogP contribution < -0.4 is 16.2 Å². The number of carbonyl (C=O) groups is 3. The van der Waals surface area contributed by atoms with E-state index in [0.29, 0.717) is 26.3 Å². The van der Waals surface area contributed by atoms with Crippen LogP contribution in [0.5, 0.6) is 5.88 Å². The predicted octanol–water partition coefficient (Wildman–Crippen LogP) is 1.97. The third kappa shape index (κ3) is 6.59. The molecule has 3 heterocycles. The number of hydrogen-bond acceptors (Lipinski definition) is 8. The molecule has 212 valence electrons. The van der Waals surface area contributed by atoms with Crippen LogP contribution in [0, 0.1) is 5.92 Å². The summed E-state index contributed by atoms with van der Waals surface area (Å²) in [5.74, 6) is -1.58. The Kier molecular flexibility index (Phi) is 8.00. The van der Waals surface area contributed by atoms with Gasteiger partial charge in [0.1, 0.15) is 5.60 Å². The summed E-state index contributed by atoms with van der Waals surface area (Å²) in [6, 6.07) is -0.0442. The lowest BCUT2D eigenvalue weighted by atomic mass is 10.2. The van der Waals surface area contributed by atoms with Gasteiger partial charge in [-0.05, 0) is 45.6 Å². The fraction of sp³-hybridized carbons (Fsp3) is 0.577. The average molecular weight is 545 g/mol. The molecule has 0 radical (unpaired) electrons. The van der Waals surface area contributed by atoms with Crippen LogP contribution in [0.1, 0.15) is 63.4 Å². The van der Waals surface area contributed by atoms with Gasteiger partial charge in [-0.1, -0.05) is 13.8 Å². The monoisotopic (exact) mass is 544 g/mol. The quantitative estimate of drug-likeness (QED) is 0.447. The summed E-state index contributed by atoms with van der Waals surface area (Å²) in [6.07, 6.45) is 3.53. The molecule has 3 N–H and O–H groups in total. The molecule has 39 heavy (non-hydrogen) atoms. The topological polar surface area (TPSA) is 157 Å². The van der Waals surface area contributed by atoms with Gasteiger partial charge in [-0.2, -0.15) is 4.52 Å². The number of aromatic hydroxyl groups is 1. The molecule has 13 heteroatoms. The summed E-state index contributed by atoms with van der Waals surface area (Å²) < 4.78 is 13.0. The second kappa shape index (κ2) is 11.1. The molecule has 2 fully saturated rings. The number of fused-ring (bicyclic) bond motifs is 1. The van der Waals surface area contributed by atoms with E-state index < -0.39 is 34.6 Å². The highest BCUT2D eigenvalue weighted by atomic mass is 16.6. The first-order valence-electron chi connectivity index (χ1n) is 13.1. The minimum atomic E-state index is -0.855. The van der Waals surface area contributed by atoms with Crippen molar-refractivity contribution in [1.82, 2.24) is 24.4 Å². The Morgan fingerprint density at radius 3 is 2.46 bits per heavy atom. The molecule has 0 aromatic carbocycles. The van der Waals surface area contributed by atoms with E-state index in [4.69, 9.17) is 9.47 Å². The fourth-order valence-electron chi connectivity index (χ4n) is 4.17. The molecule has 13 nitrogen and oxygen atoms in total. The molecule has 2 aromatic heterocycles. The van der Waals surface area contributed by atoms with Crippen molar-refractivity contribution in [1.29, 1.82) is 0 Å². The van der Waals surface area contributed by atoms with Crippen LogP contribution >= 0.6 is 0 Å². The van der Waals surface area contributed by atoms with Crippen LogP contribution in [0.25, 0.3) is 11.7 Å². The maximum Gasteiger partial charge on any atom is 0.413 e. The van der Waals surface area contributed by atoms with Gasteiger partial charge in [0.2, 0.25) is 11.8 Å². The van der Waals surface area contributed by atoms with E-state index in [2.05, 4.69) is 15.7 Å². The first-order valence-corrected chi connectivity index (χ1v) is 13.1. The molecule has 1 aliphatic carbocycles. The van der Waals surface area contributed by atoms with Gasteiger partial charge in [-0.3, -0.25) is 24.3 Å². The molecule has 3 amide bonds. The molecule has 1 saturated heterocycles. The first kappa shape index (κ1) is 28.1. The van der Waals surface area contributed by atoms with Gasteiger partial charge in [0, 0.05) is 31.8 Å². The Hall–Kier alpha value is -3.87. The molecule has 1 saturated carbocycles. The maximum atomic E-state index is 13.5. The molecule has 2 aromatic rings. The Balaban J connectivity index is 1.88. The third-order valence-electron chi connectivity index (χ3n) is 6.06. The normalized spacial score (nSPS) is 16.2. The van der Waals surface area contributed by atoms with E-state index in [1.807, 2.05) is 13.8 Å². The van der Waals surface area contributed by atoms with Crippen molar-refractivity contribution in [2.45, 2.75) is 65.6 Å². The molecule has 1 aliphatic heterocycles. The van der Waals surface area contributed by atoms with Gasteiger partial charge in [0.05, 0.1) is 18.8 Å². The fourth-order valence-corrected chi connectivity index (χ4v) is 4.17. The van der Waals surface area contributed by atoms with E-state index in [0.717, 1.165) is 17.4 Å². The smallest absolute Gasteiger partial charge is 0.413 e. The summed E-state index contributed by atoms with van der Waals surface area (Å²) in [5, 5.41) is 20.8. The third-order valence-corrected chi connectivity index (χ3v) is 6.06. The number of amides is 3. The second-order valence-corrected chi connectivity index (χ2v) is 11.2. The van der Waals surface area contributed by atoms with Crippen LogP contribution in [-0.2, 0) is 20.8 Å². The van der Waals surface area contributed by atoms with Crippen LogP contribution in [-0.4, -0.2) is 80.0 Å². The Morgan fingerprint density at radius 1 is 1.21 bits per heavy atom. The highest BCUT2D eigenvalue weighted by Gasteiger charge is 2.31. The summed E-state index contributed by atoms with van der Waals surface area (Å²) >= 11 is 0. The zero-order valence-corrected chi connectivity index (χ0v) is 22.9. The Morgan fingerprint density at radius 2 is 1.87 bits per heavy atom. The van der Waals surface area contributed by atoms with Crippen molar-refractivity contribution >= 4 is 35.4 Å². The molecular weight excluding hydrogens is 508 g/mol. The van der Waals surface area contributed by atoms with Crippen LogP contribution in [0.2, 0.25) is 0 Å². The number of nitrogens with zero attached hydrogens (tertiary/aromatic N) is 4. The van der Waals surface area contributed by atoms with Crippen molar-refractivity contribution in [3.8, 4) is 5.88 Å². The zero-order valence-electron chi connectivity index (χ0n) is 22.9. The van der Waals surface area contributed by atoms with E-state index in [9.17, 15) is 24.3 Å². The molecule has 0 unspecified atom stereocenters. The first-order chi connectivity index (χ1) is 18.4. The van der Waals surface area contributed by atoms with E-state index in [-0.39, 0.29) is 41.4 Å². The van der Waals surface area contributed by atoms with E-state index >= 15 is 0 Å². The SMILES string of the molecule is CC(C)Cn1c(O)c(C(=O)NC2CC2)c(=O)n2nc(NC(=O)OC(C)(C)C)c(/C=C/C(=O)N3CCOCC3)c12. The average Bonchev–Trinajstić information content (AvgIpc) is 3.58. The van der Waals surface area contributed by atoms with Gasteiger partial charge in [0.25, 0.3) is 11.5 Å². The number of carbonyl (C=O) groups excluding carboxylic acids is 3. The second-order valence-electron chi connectivity index (χ2n) is 11.2. The highest BCUT2D eigenvalue weighted by molar-refractivity contribution is 5.98. The summed E-state index contributed by atoms with van der Waals surface area (Å²) in [7, 11) is 0. The zero-order chi connectivity index (χ0) is 28.5. The lowest BCUT2D eigenvalue weighted by Crippen LogP contribution is -2.39. The van der Waals surface area contributed by atoms with Crippen molar-refractivity contribution < 1.29 is 29.0 Å². The van der Waals surface area contributed by atoms with Gasteiger partial charge in [0.15, 0.2) is 17.0 Å². The predicted molar refractivity (Wildman–Crippen MR) is 143 cm³/mol. The van der Waals surface area contributed by atoms with Crippen LogP contribution in [0.15, 0.2) is 10.9 Å². The van der Waals surface area contributed by atoms with E-state index in [1.165, 1.54) is 16.7 Å². The van der Waals surface area contributed by atoms with Crippen LogP contribution in [0.3, 0.4) is 0 Å². The molecule has 2 aliphatic rings.